The highest BCUT2D eigenvalue weighted by atomic mass is 127. The van der Waals surface area contributed by atoms with E-state index in [0.717, 1.165) is 35.7 Å². The number of ether oxygens (including phenoxy) is 1. The highest BCUT2D eigenvalue weighted by Crippen LogP contribution is 2.21. The lowest BCUT2D eigenvalue weighted by molar-refractivity contribution is 0.119. The molecular weight excluding hydrogens is 533 g/mol. The summed E-state index contributed by atoms with van der Waals surface area (Å²) in [5, 5.41) is 6.57. The van der Waals surface area contributed by atoms with Crippen molar-refractivity contribution in [2.24, 2.45) is 10.9 Å². The Labute approximate surface area is 214 Å². The van der Waals surface area contributed by atoms with E-state index in [1.807, 2.05) is 21.0 Å². The lowest BCUT2D eigenvalue weighted by atomic mass is 9.99. The molecule has 0 spiro atoms. The number of hydrogen-bond acceptors (Lipinski definition) is 5. The standard InChI is InChI=1S/C24H37N5OS.HI/c1-18-7-6-12-29(14-18)15-21-10-8-20(9-11-21)13-26-24(25-3)28(4)16-22-17-31-23(27-22)19(2)30-5;/h8-11,17-19H,6-7,12-16H2,1-5H3,(H,25,26);1H. The van der Waals surface area contributed by atoms with Crippen molar-refractivity contribution in [2.45, 2.75) is 52.4 Å². The number of rotatable bonds is 8. The van der Waals surface area contributed by atoms with Crippen LogP contribution >= 0.6 is 35.3 Å². The number of aromatic nitrogens is 1. The molecule has 1 aliphatic heterocycles. The van der Waals surface area contributed by atoms with Crippen molar-refractivity contribution in [3.8, 4) is 0 Å². The third-order valence-electron chi connectivity index (χ3n) is 5.86. The highest BCUT2D eigenvalue weighted by Gasteiger charge is 2.16. The molecule has 1 aromatic heterocycles. The van der Waals surface area contributed by atoms with Crippen molar-refractivity contribution in [3.63, 3.8) is 0 Å². The quantitative estimate of drug-likeness (QED) is 0.278. The van der Waals surface area contributed by atoms with E-state index in [-0.39, 0.29) is 30.1 Å². The van der Waals surface area contributed by atoms with E-state index in [1.54, 1.807) is 18.4 Å². The number of guanidine groups is 1. The second kappa shape index (κ2) is 13.5. The van der Waals surface area contributed by atoms with Crippen LogP contribution in [-0.4, -0.2) is 55.0 Å². The smallest absolute Gasteiger partial charge is 0.194 e. The molecule has 2 atom stereocenters. The first kappa shape index (κ1) is 27.0. The van der Waals surface area contributed by atoms with E-state index >= 15 is 0 Å². The number of benzene rings is 1. The van der Waals surface area contributed by atoms with Crippen LogP contribution < -0.4 is 5.32 Å². The molecule has 178 valence electrons. The van der Waals surface area contributed by atoms with Crippen molar-refractivity contribution >= 4 is 41.3 Å². The van der Waals surface area contributed by atoms with Crippen LogP contribution in [-0.2, 0) is 24.4 Å². The lowest BCUT2D eigenvalue weighted by Crippen LogP contribution is -2.38. The molecule has 1 fully saturated rings. The second-order valence-corrected chi connectivity index (χ2v) is 9.50. The molecule has 2 heterocycles. The molecule has 1 N–H and O–H groups in total. The molecule has 2 aromatic rings. The van der Waals surface area contributed by atoms with Crippen LogP contribution in [0.1, 0.15) is 54.6 Å². The van der Waals surface area contributed by atoms with Gasteiger partial charge in [0.2, 0.25) is 0 Å². The summed E-state index contributed by atoms with van der Waals surface area (Å²) in [6, 6.07) is 8.97. The van der Waals surface area contributed by atoms with Gasteiger partial charge in [0, 0.05) is 46.2 Å². The topological polar surface area (TPSA) is 53.0 Å². The number of thiazole rings is 1. The van der Waals surface area contributed by atoms with Gasteiger partial charge in [-0.2, -0.15) is 0 Å². The Balaban J connectivity index is 0.00000363. The predicted octanol–water partition coefficient (Wildman–Crippen LogP) is 4.91. The Hall–Kier alpha value is -1.23. The summed E-state index contributed by atoms with van der Waals surface area (Å²) in [7, 11) is 5.57. The van der Waals surface area contributed by atoms with Crippen LogP contribution in [0.2, 0.25) is 0 Å². The lowest BCUT2D eigenvalue weighted by Gasteiger charge is -2.30. The molecule has 2 unspecified atom stereocenters. The first-order chi connectivity index (χ1) is 15.0. The Kier molecular flexibility index (Phi) is 11.4. The van der Waals surface area contributed by atoms with Gasteiger partial charge in [0.25, 0.3) is 0 Å². The van der Waals surface area contributed by atoms with Crippen LogP contribution in [0.3, 0.4) is 0 Å². The average molecular weight is 572 g/mol. The number of piperidine rings is 1. The van der Waals surface area contributed by atoms with E-state index in [1.165, 1.54) is 37.1 Å². The summed E-state index contributed by atoms with van der Waals surface area (Å²) in [6.45, 7) is 9.34. The molecule has 0 amide bonds. The largest absolute Gasteiger partial charge is 0.375 e. The van der Waals surface area contributed by atoms with Gasteiger partial charge in [-0.25, -0.2) is 4.98 Å². The number of nitrogens with zero attached hydrogens (tertiary/aromatic N) is 4. The molecule has 0 aliphatic carbocycles. The van der Waals surface area contributed by atoms with Gasteiger partial charge in [0.15, 0.2) is 5.96 Å². The Bertz CT molecular complexity index is 841. The van der Waals surface area contributed by atoms with Crippen molar-refractivity contribution in [2.75, 3.05) is 34.3 Å². The summed E-state index contributed by atoms with van der Waals surface area (Å²) >= 11 is 1.64. The number of aliphatic imine (C=N–C) groups is 1. The Morgan fingerprint density at radius 2 is 2.06 bits per heavy atom. The second-order valence-electron chi connectivity index (χ2n) is 8.61. The van der Waals surface area contributed by atoms with Gasteiger partial charge in [0.1, 0.15) is 11.1 Å². The number of hydrogen-bond donors (Lipinski definition) is 1. The molecule has 32 heavy (non-hydrogen) atoms. The molecule has 0 saturated carbocycles. The third-order valence-corrected chi connectivity index (χ3v) is 6.92. The molecule has 1 aliphatic rings. The van der Waals surface area contributed by atoms with E-state index in [2.05, 4.69) is 61.7 Å². The minimum Gasteiger partial charge on any atom is -0.375 e. The summed E-state index contributed by atoms with van der Waals surface area (Å²) < 4.78 is 5.36. The van der Waals surface area contributed by atoms with Gasteiger partial charge < -0.3 is 15.0 Å². The first-order valence-corrected chi connectivity index (χ1v) is 12.1. The zero-order valence-electron chi connectivity index (χ0n) is 20.0. The fourth-order valence-corrected chi connectivity index (χ4v) is 4.86. The van der Waals surface area contributed by atoms with Gasteiger partial charge >= 0.3 is 0 Å². The molecule has 3 rings (SSSR count). The van der Waals surface area contributed by atoms with Crippen LogP contribution in [0.4, 0.5) is 0 Å². The molecular formula is C24H38IN5OS. The van der Waals surface area contributed by atoms with Crippen molar-refractivity contribution in [1.29, 1.82) is 0 Å². The van der Waals surface area contributed by atoms with Gasteiger partial charge in [-0.15, -0.1) is 35.3 Å². The number of methoxy groups -OCH3 is 1. The fraction of sp³-hybridized carbons (Fsp3) is 0.583. The van der Waals surface area contributed by atoms with Gasteiger partial charge in [-0.05, 0) is 43.4 Å². The van der Waals surface area contributed by atoms with Crippen LogP contribution in [0.15, 0.2) is 34.6 Å². The number of halogens is 1. The van der Waals surface area contributed by atoms with E-state index < -0.39 is 0 Å². The van der Waals surface area contributed by atoms with E-state index in [4.69, 9.17) is 4.74 Å². The maximum absolute atomic E-state index is 5.36. The average Bonchev–Trinajstić information content (AvgIpc) is 3.23. The maximum atomic E-state index is 5.36. The molecule has 8 heteroatoms. The normalized spacial score (nSPS) is 18.2. The minimum absolute atomic E-state index is 0. The zero-order chi connectivity index (χ0) is 22.2. The molecule has 1 aromatic carbocycles. The minimum atomic E-state index is 0. The fourth-order valence-electron chi connectivity index (χ4n) is 4.02. The predicted molar refractivity (Wildman–Crippen MR) is 145 cm³/mol. The summed E-state index contributed by atoms with van der Waals surface area (Å²) in [5.74, 6) is 1.68. The van der Waals surface area contributed by atoms with Crippen molar-refractivity contribution in [1.82, 2.24) is 20.1 Å². The monoisotopic (exact) mass is 571 g/mol. The molecule has 1 saturated heterocycles. The van der Waals surface area contributed by atoms with Gasteiger partial charge in [-0.1, -0.05) is 31.2 Å². The number of likely N-dealkylation sites (tertiary alicyclic amines) is 1. The summed E-state index contributed by atoms with van der Waals surface area (Å²) in [6.07, 6.45) is 2.72. The van der Waals surface area contributed by atoms with Crippen LogP contribution in [0.25, 0.3) is 0 Å². The van der Waals surface area contributed by atoms with E-state index in [0.29, 0.717) is 6.54 Å². The van der Waals surface area contributed by atoms with Crippen LogP contribution in [0.5, 0.6) is 0 Å². The molecule has 0 radical (unpaired) electrons. The summed E-state index contributed by atoms with van der Waals surface area (Å²) in [4.78, 5) is 13.8. The SMILES string of the molecule is CN=C(NCc1ccc(CN2CCCC(C)C2)cc1)N(C)Cc1csc(C(C)OC)n1.I. The maximum Gasteiger partial charge on any atom is 0.194 e. The van der Waals surface area contributed by atoms with Crippen molar-refractivity contribution < 1.29 is 4.74 Å². The van der Waals surface area contributed by atoms with Crippen molar-refractivity contribution in [3.05, 3.63) is 51.5 Å². The number of nitrogens with one attached hydrogen (secondary N) is 1. The van der Waals surface area contributed by atoms with Crippen LogP contribution in [0, 0.1) is 5.92 Å². The first-order valence-electron chi connectivity index (χ1n) is 11.2. The summed E-state index contributed by atoms with van der Waals surface area (Å²) in [5.41, 5.74) is 3.69. The van der Waals surface area contributed by atoms with Gasteiger partial charge in [0.05, 0.1) is 12.2 Å². The van der Waals surface area contributed by atoms with E-state index in [9.17, 15) is 0 Å². The highest BCUT2D eigenvalue weighted by molar-refractivity contribution is 14.0. The molecule has 6 nitrogen and oxygen atoms in total. The zero-order valence-corrected chi connectivity index (χ0v) is 23.2. The Morgan fingerprint density at radius 1 is 1.34 bits per heavy atom. The van der Waals surface area contributed by atoms with Gasteiger partial charge in [-0.3, -0.25) is 9.89 Å². The molecule has 0 bridgehead atoms. The third kappa shape index (κ3) is 7.97. The Morgan fingerprint density at radius 3 is 2.72 bits per heavy atom.